The molecule has 1 rings (SSSR count). The number of aliphatic hydroxyl groups excluding tert-OH is 4. The molecule has 0 aromatic rings. The van der Waals surface area contributed by atoms with Gasteiger partial charge in [0.25, 0.3) is 0 Å². The molecule has 0 spiro atoms. The van der Waals surface area contributed by atoms with Gasteiger partial charge in [-0.3, -0.25) is 0 Å². The van der Waals surface area contributed by atoms with Crippen molar-refractivity contribution >= 4 is 0 Å². The Morgan fingerprint density at radius 2 is 1.83 bits per heavy atom. The van der Waals surface area contributed by atoms with Crippen molar-refractivity contribution in [1.82, 2.24) is 0 Å². The summed E-state index contributed by atoms with van der Waals surface area (Å²) in [5.74, 6) is 0. The van der Waals surface area contributed by atoms with E-state index >= 15 is 0 Å². The van der Waals surface area contributed by atoms with Gasteiger partial charge in [-0.05, 0) is 0 Å². The molecule has 1 heterocycles. The van der Waals surface area contributed by atoms with Crippen LogP contribution in [-0.4, -0.2) is 62.8 Å². The first-order chi connectivity index (χ1) is 5.56. The molecule has 1 fully saturated rings. The van der Waals surface area contributed by atoms with E-state index in [1.165, 1.54) is 0 Å². The monoisotopic (exact) mass is 180 g/mol. The SMILES string of the molecule is OC[C@H]1OC(O)[C@@](O)(CO)[C@@H]1O. The third-order valence-electron chi connectivity index (χ3n) is 2.03. The van der Waals surface area contributed by atoms with Crippen LogP contribution in [0.4, 0.5) is 0 Å². The van der Waals surface area contributed by atoms with E-state index in [1.54, 1.807) is 0 Å². The van der Waals surface area contributed by atoms with Crippen LogP contribution in [0.1, 0.15) is 0 Å². The highest BCUT2D eigenvalue weighted by Crippen LogP contribution is 2.28. The third-order valence-corrected chi connectivity index (χ3v) is 2.03. The fourth-order valence-corrected chi connectivity index (χ4v) is 1.14. The molecule has 0 bridgehead atoms. The van der Waals surface area contributed by atoms with Crippen LogP contribution in [0.5, 0.6) is 0 Å². The molecule has 0 aromatic carbocycles. The first-order valence-electron chi connectivity index (χ1n) is 3.52. The topological polar surface area (TPSA) is 110 Å². The molecule has 6 nitrogen and oxygen atoms in total. The molecule has 1 unspecified atom stereocenters. The highest BCUT2D eigenvalue weighted by Gasteiger charge is 2.54. The van der Waals surface area contributed by atoms with E-state index in [0.29, 0.717) is 0 Å². The van der Waals surface area contributed by atoms with Gasteiger partial charge in [-0.25, -0.2) is 0 Å². The molecular formula is C6H12O6. The number of hydrogen-bond donors (Lipinski definition) is 5. The number of ether oxygens (including phenoxy) is 1. The minimum Gasteiger partial charge on any atom is -0.394 e. The average molecular weight is 180 g/mol. The van der Waals surface area contributed by atoms with E-state index in [-0.39, 0.29) is 0 Å². The van der Waals surface area contributed by atoms with Gasteiger partial charge in [-0.15, -0.1) is 0 Å². The zero-order valence-corrected chi connectivity index (χ0v) is 6.29. The maximum Gasteiger partial charge on any atom is 0.189 e. The summed E-state index contributed by atoms with van der Waals surface area (Å²) in [6, 6.07) is 0. The lowest BCUT2D eigenvalue weighted by atomic mass is 9.97. The van der Waals surface area contributed by atoms with Gasteiger partial charge >= 0.3 is 0 Å². The fourth-order valence-electron chi connectivity index (χ4n) is 1.14. The molecule has 5 N–H and O–H groups in total. The summed E-state index contributed by atoms with van der Waals surface area (Å²) in [4.78, 5) is 0. The van der Waals surface area contributed by atoms with Gasteiger partial charge in [-0.1, -0.05) is 0 Å². The van der Waals surface area contributed by atoms with Gasteiger partial charge in [0.05, 0.1) is 13.2 Å². The van der Waals surface area contributed by atoms with Crippen LogP contribution in [0.3, 0.4) is 0 Å². The molecule has 72 valence electrons. The third kappa shape index (κ3) is 1.22. The van der Waals surface area contributed by atoms with E-state index in [9.17, 15) is 10.2 Å². The molecule has 0 amide bonds. The van der Waals surface area contributed by atoms with Crippen molar-refractivity contribution in [3.8, 4) is 0 Å². The Morgan fingerprint density at radius 3 is 2.08 bits per heavy atom. The molecule has 12 heavy (non-hydrogen) atoms. The first-order valence-corrected chi connectivity index (χ1v) is 3.52. The summed E-state index contributed by atoms with van der Waals surface area (Å²) >= 11 is 0. The fraction of sp³-hybridized carbons (Fsp3) is 1.00. The molecular weight excluding hydrogens is 168 g/mol. The summed E-state index contributed by atoms with van der Waals surface area (Å²) in [6.45, 7) is -1.35. The molecule has 1 aliphatic rings. The predicted octanol–water partition coefficient (Wildman–Crippen LogP) is -3.22. The summed E-state index contributed by atoms with van der Waals surface area (Å²) in [6.07, 6.45) is -4.21. The Kier molecular flexibility index (Phi) is 2.67. The van der Waals surface area contributed by atoms with Crippen molar-refractivity contribution in [2.24, 2.45) is 0 Å². The first kappa shape index (κ1) is 9.85. The zero-order chi connectivity index (χ0) is 9.35. The van der Waals surface area contributed by atoms with Gasteiger partial charge in [0.15, 0.2) is 11.9 Å². The standard InChI is InChI=1S/C6H12O6/c7-1-3-4(9)6(11,2-8)5(10)12-3/h3-5,7-11H,1-2H2/t3-,4-,5?,6-/m1/s1. The van der Waals surface area contributed by atoms with Crippen molar-refractivity contribution in [2.45, 2.75) is 24.1 Å². The molecule has 0 radical (unpaired) electrons. The van der Waals surface area contributed by atoms with Crippen LogP contribution in [0.2, 0.25) is 0 Å². The highest BCUT2D eigenvalue weighted by atomic mass is 16.7. The van der Waals surface area contributed by atoms with E-state index in [2.05, 4.69) is 4.74 Å². The van der Waals surface area contributed by atoms with E-state index in [0.717, 1.165) is 0 Å². The Labute approximate surface area is 68.6 Å². The van der Waals surface area contributed by atoms with E-state index in [4.69, 9.17) is 15.3 Å². The van der Waals surface area contributed by atoms with Crippen LogP contribution in [-0.2, 0) is 4.74 Å². The van der Waals surface area contributed by atoms with Crippen molar-refractivity contribution in [3.63, 3.8) is 0 Å². The van der Waals surface area contributed by atoms with Gasteiger partial charge in [0.2, 0.25) is 0 Å². The van der Waals surface area contributed by atoms with E-state index in [1.807, 2.05) is 0 Å². The normalized spacial score (nSPS) is 48.2. The van der Waals surface area contributed by atoms with Gasteiger partial charge in [0.1, 0.15) is 12.2 Å². The second-order valence-corrected chi connectivity index (χ2v) is 2.80. The summed E-state index contributed by atoms with van der Waals surface area (Å²) < 4.78 is 4.57. The molecule has 4 atom stereocenters. The zero-order valence-electron chi connectivity index (χ0n) is 6.29. The van der Waals surface area contributed by atoms with Crippen LogP contribution < -0.4 is 0 Å². The predicted molar refractivity (Wildman–Crippen MR) is 36.0 cm³/mol. The minimum absolute atomic E-state index is 0.527. The Balaban J connectivity index is 2.76. The van der Waals surface area contributed by atoms with Crippen LogP contribution in [0, 0.1) is 0 Å². The lowest BCUT2D eigenvalue weighted by Gasteiger charge is -2.25. The summed E-state index contributed by atoms with van der Waals surface area (Å²) in [7, 11) is 0. The average Bonchev–Trinajstić information content (AvgIpc) is 2.30. The van der Waals surface area contributed by atoms with Crippen molar-refractivity contribution in [3.05, 3.63) is 0 Å². The second kappa shape index (κ2) is 3.25. The summed E-state index contributed by atoms with van der Waals surface area (Å²) in [5, 5.41) is 44.8. The largest absolute Gasteiger partial charge is 0.394 e. The maximum atomic E-state index is 9.35. The van der Waals surface area contributed by atoms with Gasteiger partial charge in [0, 0.05) is 0 Å². The minimum atomic E-state index is -2.09. The Bertz CT molecular complexity index is 162. The Hall–Kier alpha value is -0.240. The lowest BCUT2D eigenvalue weighted by Crippen LogP contribution is -2.51. The van der Waals surface area contributed by atoms with Crippen molar-refractivity contribution in [2.75, 3.05) is 13.2 Å². The smallest absolute Gasteiger partial charge is 0.189 e. The van der Waals surface area contributed by atoms with E-state index < -0.39 is 37.3 Å². The number of aliphatic hydroxyl groups is 5. The van der Waals surface area contributed by atoms with Crippen LogP contribution in [0.15, 0.2) is 0 Å². The molecule has 1 saturated heterocycles. The summed E-state index contributed by atoms with van der Waals surface area (Å²) in [5.41, 5.74) is -2.09. The van der Waals surface area contributed by atoms with Crippen LogP contribution >= 0.6 is 0 Å². The van der Waals surface area contributed by atoms with Crippen molar-refractivity contribution in [1.29, 1.82) is 0 Å². The quantitative estimate of drug-likeness (QED) is 0.306. The molecule has 1 aliphatic heterocycles. The number of rotatable bonds is 2. The molecule has 0 aliphatic carbocycles. The second-order valence-electron chi connectivity index (χ2n) is 2.80. The number of hydrogen-bond acceptors (Lipinski definition) is 6. The van der Waals surface area contributed by atoms with Gasteiger partial charge < -0.3 is 30.3 Å². The van der Waals surface area contributed by atoms with Crippen LogP contribution in [0.25, 0.3) is 0 Å². The molecule has 0 saturated carbocycles. The molecule has 0 aromatic heterocycles. The highest BCUT2D eigenvalue weighted by molar-refractivity contribution is 4.98. The molecule has 6 heteroatoms. The van der Waals surface area contributed by atoms with Gasteiger partial charge in [-0.2, -0.15) is 0 Å². The van der Waals surface area contributed by atoms with Crippen molar-refractivity contribution < 1.29 is 30.3 Å². The maximum absolute atomic E-state index is 9.35. The Morgan fingerprint density at radius 1 is 1.25 bits per heavy atom. The lowest BCUT2D eigenvalue weighted by molar-refractivity contribution is -0.191.